The largest absolute Gasteiger partial charge is 0.385 e. The van der Waals surface area contributed by atoms with Gasteiger partial charge in [0, 0.05) is 37.3 Å². The van der Waals surface area contributed by atoms with Crippen LogP contribution in [-0.4, -0.2) is 48.9 Å². The number of quaternary nitrogens is 1. The molecule has 156 valence electrons. The number of nitrogens with two attached hydrogens (primary N) is 1. The molecule has 4 rings (SSSR count). The van der Waals surface area contributed by atoms with E-state index in [0.29, 0.717) is 41.8 Å². The van der Waals surface area contributed by atoms with Gasteiger partial charge in [0.2, 0.25) is 17.4 Å². The van der Waals surface area contributed by atoms with E-state index in [2.05, 4.69) is 19.2 Å². The highest BCUT2D eigenvalue weighted by atomic mass is 35.5. The SMILES string of the molecule is COCCCN1C(=O)[C@@H]2[C@H](CC(C)C)[NH2+][C@]3(C(=O)Nc4ccc(Cl)cc43)[C@@H]2C1=O. The lowest BCUT2D eigenvalue weighted by Gasteiger charge is -2.26. The number of halogens is 1. The molecule has 1 aromatic carbocycles. The van der Waals surface area contributed by atoms with Gasteiger partial charge in [-0.1, -0.05) is 25.4 Å². The molecule has 0 aliphatic carbocycles. The van der Waals surface area contributed by atoms with Crippen LogP contribution < -0.4 is 10.6 Å². The number of carbonyl (C=O) groups is 3. The average molecular weight is 421 g/mol. The standard InChI is InChI=1S/C21H26ClN3O4/c1-11(2)9-15-16-17(19(27)25(18(16)26)7-4-8-29-3)21(24-15)13-10-12(22)5-6-14(13)23-20(21)28/h5-6,10-11,15-17,24H,4,7-9H2,1-3H3,(H,23,28)/p+1/t15-,16+,17-,21-/m0/s1. The number of likely N-dealkylation sites (tertiary alicyclic amines) is 1. The fourth-order valence-corrected chi connectivity index (χ4v) is 5.51. The molecule has 3 heterocycles. The average Bonchev–Trinajstić information content (AvgIpc) is 3.22. The molecule has 1 spiro atoms. The molecule has 3 N–H and O–H groups in total. The third-order valence-corrected chi connectivity index (χ3v) is 6.63. The third kappa shape index (κ3) is 2.98. The number of hydrogen-bond acceptors (Lipinski definition) is 4. The number of rotatable bonds is 6. The molecule has 8 heteroatoms. The lowest BCUT2D eigenvalue weighted by Crippen LogP contribution is -2.99. The van der Waals surface area contributed by atoms with Crippen molar-refractivity contribution in [3.63, 3.8) is 0 Å². The van der Waals surface area contributed by atoms with Gasteiger partial charge in [0.05, 0.1) is 5.69 Å². The highest BCUT2D eigenvalue weighted by Gasteiger charge is 2.74. The van der Waals surface area contributed by atoms with Gasteiger partial charge in [0.25, 0.3) is 5.91 Å². The van der Waals surface area contributed by atoms with Gasteiger partial charge >= 0.3 is 0 Å². The number of imide groups is 1. The zero-order valence-electron chi connectivity index (χ0n) is 16.9. The van der Waals surface area contributed by atoms with Crippen LogP contribution in [0.3, 0.4) is 0 Å². The first-order chi connectivity index (χ1) is 13.8. The van der Waals surface area contributed by atoms with Gasteiger partial charge in [-0.3, -0.25) is 19.3 Å². The molecule has 7 nitrogen and oxygen atoms in total. The van der Waals surface area contributed by atoms with Crippen molar-refractivity contribution >= 4 is 35.0 Å². The first-order valence-electron chi connectivity index (χ1n) is 10.1. The summed E-state index contributed by atoms with van der Waals surface area (Å²) >= 11 is 6.25. The minimum absolute atomic E-state index is 0.139. The summed E-state index contributed by atoms with van der Waals surface area (Å²) in [6.45, 7) is 4.96. The molecule has 0 bridgehead atoms. The van der Waals surface area contributed by atoms with E-state index < -0.39 is 17.4 Å². The molecule has 2 saturated heterocycles. The van der Waals surface area contributed by atoms with Crippen molar-refractivity contribution in [2.24, 2.45) is 17.8 Å². The quantitative estimate of drug-likeness (QED) is 0.532. The molecular weight excluding hydrogens is 394 g/mol. The van der Waals surface area contributed by atoms with Crippen LogP contribution in [0.25, 0.3) is 0 Å². The summed E-state index contributed by atoms with van der Waals surface area (Å²) in [4.78, 5) is 41.4. The zero-order valence-corrected chi connectivity index (χ0v) is 17.7. The van der Waals surface area contributed by atoms with Gasteiger partial charge in [-0.25, -0.2) is 0 Å². The third-order valence-electron chi connectivity index (χ3n) is 6.40. The second kappa shape index (κ2) is 7.38. The predicted octanol–water partition coefficient (Wildman–Crippen LogP) is 1.12. The maximum Gasteiger partial charge on any atom is 0.291 e. The number of nitrogens with zero attached hydrogens (tertiary/aromatic N) is 1. The second-order valence-corrected chi connectivity index (χ2v) is 9.09. The highest BCUT2D eigenvalue weighted by molar-refractivity contribution is 6.31. The van der Waals surface area contributed by atoms with Crippen LogP contribution >= 0.6 is 11.6 Å². The molecule has 29 heavy (non-hydrogen) atoms. The predicted molar refractivity (Wildman–Crippen MR) is 107 cm³/mol. The lowest BCUT2D eigenvalue weighted by atomic mass is 9.76. The van der Waals surface area contributed by atoms with Crippen molar-refractivity contribution in [2.45, 2.75) is 38.3 Å². The first-order valence-corrected chi connectivity index (χ1v) is 10.5. The van der Waals surface area contributed by atoms with E-state index in [1.54, 1.807) is 25.3 Å². The summed E-state index contributed by atoms with van der Waals surface area (Å²) in [6.07, 6.45) is 1.32. The number of carbonyl (C=O) groups excluding carboxylic acids is 3. The van der Waals surface area contributed by atoms with Crippen LogP contribution in [-0.2, 0) is 24.7 Å². The topological polar surface area (TPSA) is 92.3 Å². The van der Waals surface area contributed by atoms with E-state index in [1.165, 1.54) is 4.90 Å². The van der Waals surface area contributed by atoms with Crippen molar-refractivity contribution in [3.05, 3.63) is 28.8 Å². The summed E-state index contributed by atoms with van der Waals surface area (Å²) in [5.41, 5.74) is 0.224. The van der Waals surface area contributed by atoms with E-state index >= 15 is 0 Å². The summed E-state index contributed by atoms with van der Waals surface area (Å²) in [5, 5.41) is 5.38. The normalized spacial score (nSPS) is 30.4. The summed E-state index contributed by atoms with van der Waals surface area (Å²) < 4.78 is 5.08. The number of benzene rings is 1. The number of fused-ring (bicyclic) bond motifs is 4. The van der Waals surface area contributed by atoms with Gasteiger partial charge < -0.3 is 15.4 Å². The molecule has 3 aliphatic heterocycles. The number of anilines is 1. The zero-order chi connectivity index (χ0) is 20.9. The highest BCUT2D eigenvalue weighted by Crippen LogP contribution is 2.50. The minimum atomic E-state index is -1.15. The maximum atomic E-state index is 13.5. The van der Waals surface area contributed by atoms with Crippen molar-refractivity contribution in [1.82, 2.24) is 4.90 Å². The van der Waals surface area contributed by atoms with Crippen molar-refractivity contribution in [1.29, 1.82) is 0 Å². The molecule has 2 fully saturated rings. The Balaban J connectivity index is 1.79. The van der Waals surface area contributed by atoms with Crippen LogP contribution in [0.4, 0.5) is 5.69 Å². The van der Waals surface area contributed by atoms with Gasteiger partial charge in [-0.05, 0) is 30.5 Å². The van der Waals surface area contributed by atoms with Gasteiger partial charge in [-0.2, -0.15) is 0 Å². The summed E-state index contributed by atoms with van der Waals surface area (Å²) in [7, 11) is 1.59. The molecule has 1 aromatic rings. The molecule has 3 amide bonds. The molecular formula is C21H27ClN3O4+. The number of methoxy groups -OCH3 is 1. The fraction of sp³-hybridized carbons (Fsp3) is 0.571. The van der Waals surface area contributed by atoms with E-state index in [-0.39, 0.29) is 23.8 Å². The van der Waals surface area contributed by atoms with Crippen LogP contribution in [0.1, 0.15) is 32.3 Å². The van der Waals surface area contributed by atoms with Crippen molar-refractivity contribution in [3.8, 4) is 0 Å². The van der Waals surface area contributed by atoms with E-state index in [9.17, 15) is 14.4 Å². The Kier molecular flexibility index (Phi) is 5.17. The Hall–Kier alpha value is -1.96. The lowest BCUT2D eigenvalue weighted by molar-refractivity contribution is -0.734. The number of hydrogen-bond donors (Lipinski definition) is 2. The Labute approximate surface area is 175 Å². The van der Waals surface area contributed by atoms with E-state index in [0.717, 1.165) is 6.42 Å². The number of ether oxygens (including phenoxy) is 1. The number of nitrogens with one attached hydrogen (secondary N) is 1. The van der Waals surface area contributed by atoms with Crippen LogP contribution in [0.2, 0.25) is 5.02 Å². The van der Waals surface area contributed by atoms with Crippen LogP contribution in [0.5, 0.6) is 0 Å². The monoisotopic (exact) mass is 420 g/mol. The van der Waals surface area contributed by atoms with Crippen LogP contribution in [0.15, 0.2) is 18.2 Å². The summed E-state index contributed by atoms with van der Waals surface area (Å²) in [6, 6.07) is 5.10. The van der Waals surface area contributed by atoms with E-state index in [1.807, 2.05) is 5.32 Å². The smallest absolute Gasteiger partial charge is 0.291 e. The van der Waals surface area contributed by atoms with Crippen molar-refractivity contribution < 1.29 is 24.4 Å². The molecule has 0 unspecified atom stereocenters. The fourth-order valence-electron chi connectivity index (χ4n) is 5.34. The second-order valence-electron chi connectivity index (χ2n) is 8.65. The van der Waals surface area contributed by atoms with Gasteiger partial charge in [-0.15, -0.1) is 0 Å². The molecule has 0 radical (unpaired) electrons. The Morgan fingerprint density at radius 1 is 1.28 bits per heavy atom. The molecule has 3 aliphatic rings. The number of amides is 3. The molecule has 4 atom stereocenters. The Morgan fingerprint density at radius 2 is 2.03 bits per heavy atom. The Bertz CT molecular complexity index is 873. The summed E-state index contributed by atoms with van der Waals surface area (Å²) in [5.74, 6) is -1.57. The minimum Gasteiger partial charge on any atom is -0.385 e. The molecule has 0 aromatic heterocycles. The van der Waals surface area contributed by atoms with Crippen LogP contribution in [0, 0.1) is 17.8 Å². The maximum absolute atomic E-state index is 13.5. The van der Waals surface area contributed by atoms with Gasteiger partial charge in [0.15, 0.2) is 0 Å². The first kappa shape index (κ1) is 20.3. The van der Waals surface area contributed by atoms with Crippen molar-refractivity contribution in [2.75, 3.05) is 25.6 Å². The van der Waals surface area contributed by atoms with E-state index in [4.69, 9.17) is 16.3 Å². The van der Waals surface area contributed by atoms with Gasteiger partial charge in [0.1, 0.15) is 17.9 Å². The Morgan fingerprint density at radius 3 is 2.72 bits per heavy atom. The molecule has 0 saturated carbocycles.